The van der Waals surface area contributed by atoms with E-state index in [0.717, 1.165) is 18.5 Å². The number of nitrogens with two attached hydrogens (primary N) is 2. The summed E-state index contributed by atoms with van der Waals surface area (Å²) in [6.45, 7) is 0.584. The molecular formula is C13H18ClN3O. The molecule has 1 aromatic rings. The van der Waals surface area contributed by atoms with Gasteiger partial charge in [-0.1, -0.05) is 24.4 Å². The molecule has 0 aromatic heterocycles. The second kappa shape index (κ2) is 5.16. The Morgan fingerprint density at radius 2 is 2.06 bits per heavy atom. The molecule has 1 saturated carbocycles. The van der Waals surface area contributed by atoms with Gasteiger partial charge < -0.3 is 16.8 Å². The van der Waals surface area contributed by atoms with E-state index in [2.05, 4.69) is 5.32 Å². The zero-order chi connectivity index (χ0) is 13.2. The van der Waals surface area contributed by atoms with Crippen LogP contribution in [0.2, 0.25) is 5.02 Å². The Morgan fingerprint density at radius 3 is 2.56 bits per heavy atom. The van der Waals surface area contributed by atoms with Gasteiger partial charge in [-0.15, -0.1) is 0 Å². The summed E-state index contributed by atoms with van der Waals surface area (Å²) in [5.41, 5.74) is 12.2. The molecule has 18 heavy (non-hydrogen) atoms. The van der Waals surface area contributed by atoms with Gasteiger partial charge >= 0.3 is 0 Å². The number of nitrogens with one attached hydrogen (secondary N) is 1. The lowest BCUT2D eigenvalue weighted by Gasteiger charge is -2.30. The van der Waals surface area contributed by atoms with Crippen LogP contribution >= 0.6 is 11.6 Å². The number of hydrogen-bond donors (Lipinski definition) is 3. The zero-order valence-corrected chi connectivity index (χ0v) is 11.0. The number of rotatable bonds is 4. The second-order valence-corrected chi connectivity index (χ2v) is 5.28. The molecule has 0 saturated heterocycles. The first-order chi connectivity index (χ1) is 8.56. The summed E-state index contributed by atoms with van der Waals surface area (Å²) in [5.74, 6) is -0.474. The first-order valence-corrected chi connectivity index (χ1v) is 6.52. The van der Waals surface area contributed by atoms with Gasteiger partial charge in [-0.25, -0.2) is 0 Å². The average Bonchev–Trinajstić information content (AvgIpc) is 2.81. The van der Waals surface area contributed by atoms with Gasteiger partial charge in [0.1, 0.15) is 0 Å². The van der Waals surface area contributed by atoms with Gasteiger partial charge in [0.2, 0.25) is 5.91 Å². The Kier molecular flexibility index (Phi) is 3.78. The molecule has 0 heterocycles. The normalized spacial score (nSPS) is 17.7. The van der Waals surface area contributed by atoms with Crippen molar-refractivity contribution in [1.29, 1.82) is 0 Å². The number of carbonyl (C=O) groups is 1. The number of anilines is 1. The summed E-state index contributed by atoms with van der Waals surface area (Å²) in [7, 11) is 0. The van der Waals surface area contributed by atoms with Gasteiger partial charge in [0.15, 0.2) is 0 Å². The SMILES string of the molecule is NCC1(Nc2ccc(C(N)=O)cc2Cl)CCCC1. The van der Waals surface area contributed by atoms with Crippen molar-refractivity contribution in [2.24, 2.45) is 11.5 Å². The van der Waals surface area contributed by atoms with Crippen molar-refractivity contribution in [3.05, 3.63) is 28.8 Å². The highest BCUT2D eigenvalue weighted by molar-refractivity contribution is 6.33. The Morgan fingerprint density at radius 1 is 1.39 bits per heavy atom. The predicted molar refractivity (Wildman–Crippen MR) is 73.8 cm³/mol. The summed E-state index contributed by atoms with van der Waals surface area (Å²) < 4.78 is 0. The number of amides is 1. The summed E-state index contributed by atoms with van der Waals surface area (Å²) in [5, 5.41) is 3.93. The fraction of sp³-hybridized carbons (Fsp3) is 0.462. The van der Waals surface area contributed by atoms with Gasteiger partial charge in [0, 0.05) is 17.6 Å². The van der Waals surface area contributed by atoms with Gasteiger partial charge in [0.05, 0.1) is 10.7 Å². The largest absolute Gasteiger partial charge is 0.377 e. The van der Waals surface area contributed by atoms with E-state index >= 15 is 0 Å². The van der Waals surface area contributed by atoms with Crippen LogP contribution in [0, 0.1) is 0 Å². The number of benzene rings is 1. The van der Waals surface area contributed by atoms with E-state index < -0.39 is 5.91 Å². The average molecular weight is 268 g/mol. The monoisotopic (exact) mass is 267 g/mol. The fourth-order valence-corrected chi connectivity index (χ4v) is 2.72. The first-order valence-electron chi connectivity index (χ1n) is 6.14. The molecular weight excluding hydrogens is 250 g/mol. The lowest BCUT2D eigenvalue weighted by molar-refractivity contribution is 0.100. The van der Waals surface area contributed by atoms with Gasteiger partial charge in [-0.2, -0.15) is 0 Å². The fourth-order valence-electron chi connectivity index (χ4n) is 2.49. The molecule has 0 bridgehead atoms. The Balaban J connectivity index is 2.21. The van der Waals surface area contributed by atoms with Crippen LogP contribution < -0.4 is 16.8 Å². The van der Waals surface area contributed by atoms with E-state index in [-0.39, 0.29) is 5.54 Å². The molecule has 1 aromatic carbocycles. The third-order valence-electron chi connectivity index (χ3n) is 3.60. The van der Waals surface area contributed by atoms with Crippen LogP contribution in [0.15, 0.2) is 18.2 Å². The molecule has 0 radical (unpaired) electrons. The topological polar surface area (TPSA) is 81.1 Å². The minimum Gasteiger partial charge on any atom is -0.377 e. The highest BCUT2D eigenvalue weighted by atomic mass is 35.5. The molecule has 5 N–H and O–H groups in total. The number of hydrogen-bond acceptors (Lipinski definition) is 3. The Bertz CT molecular complexity index is 456. The summed E-state index contributed by atoms with van der Waals surface area (Å²) >= 11 is 6.16. The molecule has 4 nitrogen and oxygen atoms in total. The zero-order valence-electron chi connectivity index (χ0n) is 10.2. The molecule has 0 unspecified atom stereocenters. The molecule has 1 fully saturated rings. The Hall–Kier alpha value is -1.26. The molecule has 5 heteroatoms. The van der Waals surface area contributed by atoms with Crippen LogP contribution in [0.1, 0.15) is 36.0 Å². The first kappa shape index (κ1) is 13.2. The van der Waals surface area contributed by atoms with Crippen molar-refractivity contribution in [3.8, 4) is 0 Å². The van der Waals surface area contributed by atoms with Crippen molar-refractivity contribution >= 4 is 23.2 Å². The smallest absolute Gasteiger partial charge is 0.248 e. The van der Waals surface area contributed by atoms with Crippen molar-refractivity contribution in [1.82, 2.24) is 0 Å². The van der Waals surface area contributed by atoms with Crippen LogP contribution in [0.5, 0.6) is 0 Å². The summed E-state index contributed by atoms with van der Waals surface area (Å²) in [6.07, 6.45) is 4.47. The van der Waals surface area contributed by atoms with Crippen molar-refractivity contribution in [3.63, 3.8) is 0 Å². The van der Waals surface area contributed by atoms with Crippen LogP contribution in [-0.4, -0.2) is 18.0 Å². The maximum Gasteiger partial charge on any atom is 0.248 e. The molecule has 0 aliphatic heterocycles. The lowest BCUT2D eigenvalue weighted by Crippen LogP contribution is -2.42. The summed E-state index contributed by atoms with van der Waals surface area (Å²) in [6, 6.07) is 5.05. The van der Waals surface area contributed by atoms with Crippen molar-refractivity contribution in [2.75, 3.05) is 11.9 Å². The highest BCUT2D eigenvalue weighted by Gasteiger charge is 2.32. The van der Waals surface area contributed by atoms with Crippen molar-refractivity contribution < 1.29 is 4.79 Å². The third kappa shape index (κ3) is 2.60. The Labute approximate surface area is 112 Å². The minimum absolute atomic E-state index is 0.0577. The highest BCUT2D eigenvalue weighted by Crippen LogP contribution is 2.34. The summed E-state index contributed by atoms with van der Waals surface area (Å²) in [4.78, 5) is 11.1. The van der Waals surface area contributed by atoms with E-state index in [1.54, 1.807) is 18.2 Å². The van der Waals surface area contributed by atoms with E-state index in [9.17, 15) is 4.79 Å². The van der Waals surface area contributed by atoms with Gasteiger partial charge in [-0.3, -0.25) is 4.79 Å². The quantitative estimate of drug-likeness (QED) is 0.782. The second-order valence-electron chi connectivity index (χ2n) is 4.88. The number of halogens is 1. The number of primary amides is 1. The minimum atomic E-state index is -0.474. The van der Waals surface area contributed by atoms with Crippen LogP contribution in [-0.2, 0) is 0 Å². The van der Waals surface area contributed by atoms with Gasteiger partial charge in [-0.05, 0) is 31.0 Å². The molecule has 0 atom stereocenters. The third-order valence-corrected chi connectivity index (χ3v) is 3.92. The lowest BCUT2D eigenvalue weighted by atomic mass is 9.97. The van der Waals surface area contributed by atoms with E-state index in [0.29, 0.717) is 17.1 Å². The molecule has 0 spiro atoms. The van der Waals surface area contributed by atoms with E-state index in [1.165, 1.54) is 12.8 Å². The molecule has 1 aliphatic carbocycles. The van der Waals surface area contributed by atoms with Gasteiger partial charge in [0.25, 0.3) is 0 Å². The van der Waals surface area contributed by atoms with E-state index in [1.807, 2.05) is 0 Å². The van der Waals surface area contributed by atoms with Crippen LogP contribution in [0.4, 0.5) is 5.69 Å². The van der Waals surface area contributed by atoms with E-state index in [4.69, 9.17) is 23.1 Å². The van der Waals surface area contributed by atoms with Crippen LogP contribution in [0.3, 0.4) is 0 Å². The molecule has 2 rings (SSSR count). The molecule has 1 aliphatic rings. The molecule has 1 amide bonds. The maximum absolute atomic E-state index is 11.1. The number of carbonyl (C=O) groups excluding carboxylic acids is 1. The van der Waals surface area contributed by atoms with Crippen LogP contribution in [0.25, 0.3) is 0 Å². The van der Waals surface area contributed by atoms with Crippen molar-refractivity contribution in [2.45, 2.75) is 31.2 Å². The predicted octanol–water partition coefficient (Wildman–Crippen LogP) is 2.12. The molecule has 98 valence electrons. The maximum atomic E-state index is 11.1. The standard InChI is InChI=1S/C13H18ClN3O/c14-10-7-9(12(16)18)3-4-11(10)17-13(8-15)5-1-2-6-13/h3-4,7,17H,1-2,5-6,8,15H2,(H2,16,18).